The molecule has 0 saturated carbocycles. The third kappa shape index (κ3) is 6.51. The van der Waals surface area contributed by atoms with Gasteiger partial charge in [0.2, 0.25) is 6.29 Å². The number of esters is 2. The molecule has 0 aromatic heterocycles. The van der Waals surface area contributed by atoms with Crippen LogP contribution in [0.2, 0.25) is 0 Å². The topological polar surface area (TPSA) is 71.1 Å². The van der Waals surface area contributed by atoms with E-state index in [4.69, 9.17) is 18.9 Å². The van der Waals surface area contributed by atoms with Gasteiger partial charge in [0, 0.05) is 18.8 Å². The summed E-state index contributed by atoms with van der Waals surface area (Å²) in [6.45, 7) is 8.29. The summed E-state index contributed by atoms with van der Waals surface area (Å²) in [5.74, 6) is 3.31. The van der Waals surface area contributed by atoms with Gasteiger partial charge in [-0.3, -0.25) is 9.59 Å². The lowest BCUT2D eigenvalue weighted by Gasteiger charge is -2.16. The molecule has 0 aliphatic heterocycles. The molecule has 0 atom stereocenters. The molecule has 0 heterocycles. The second kappa shape index (κ2) is 12.1. The Kier molecular flexibility index (Phi) is 10.1. The molecule has 0 saturated heterocycles. The molecule has 0 unspecified atom stereocenters. The van der Waals surface area contributed by atoms with Crippen LogP contribution in [0.15, 0.2) is 24.3 Å². The van der Waals surface area contributed by atoms with Gasteiger partial charge in [0.05, 0.1) is 13.2 Å². The zero-order valence-corrected chi connectivity index (χ0v) is 15.7. The van der Waals surface area contributed by atoms with Crippen LogP contribution >= 0.6 is 0 Å². The van der Waals surface area contributed by atoms with E-state index in [1.54, 1.807) is 38.1 Å². The Labute approximate surface area is 154 Å². The molecule has 0 amide bonds. The van der Waals surface area contributed by atoms with E-state index >= 15 is 0 Å². The molecule has 6 nitrogen and oxygen atoms in total. The summed E-state index contributed by atoms with van der Waals surface area (Å²) in [6.07, 6.45) is -0.679. The number of carbonyl (C=O) groups is 2. The van der Waals surface area contributed by atoms with E-state index in [0.717, 1.165) is 0 Å². The Morgan fingerprint density at radius 3 is 1.92 bits per heavy atom. The Morgan fingerprint density at radius 1 is 0.885 bits per heavy atom. The molecule has 26 heavy (non-hydrogen) atoms. The summed E-state index contributed by atoms with van der Waals surface area (Å²) in [5.41, 5.74) is 0.951. The van der Waals surface area contributed by atoms with Crippen LogP contribution in [0, 0.1) is 11.8 Å². The number of hydrogen-bond acceptors (Lipinski definition) is 6. The molecule has 0 aliphatic rings. The highest BCUT2D eigenvalue weighted by molar-refractivity contribution is 6.01. The van der Waals surface area contributed by atoms with Crippen molar-refractivity contribution in [2.75, 3.05) is 26.4 Å². The van der Waals surface area contributed by atoms with Gasteiger partial charge in [-0.15, -0.1) is 0 Å². The Balaban J connectivity index is 3.25. The van der Waals surface area contributed by atoms with Crippen molar-refractivity contribution in [2.45, 2.75) is 39.9 Å². The van der Waals surface area contributed by atoms with Gasteiger partial charge >= 0.3 is 11.9 Å². The van der Waals surface area contributed by atoms with E-state index in [1.165, 1.54) is 0 Å². The largest absolute Gasteiger partial charge is 0.465 e. The molecule has 0 N–H and O–H groups in total. The fraction of sp³-hybridized carbons (Fsp3) is 0.500. The van der Waals surface area contributed by atoms with E-state index in [2.05, 4.69) is 11.8 Å². The normalized spacial score (nSPS) is 10.4. The molecule has 0 radical (unpaired) electrons. The molecule has 0 aliphatic carbocycles. The molecule has 0 spiro atoms. The maximum atomic E-state index is 12.3. The molecule has 6 heteroatoms. The highest BCUT2D eigenvalue weighted by Crippen LogP contribution is 2.23. The minimum absolute atomic E-state index is 0.166. The van der Waals surface area contributed by atoms with Crippen molar-refractivity contribution in [2.24, 2.45) is 0 Å². The van der Waals surface area contributed by atoms with Crippen molar-refractivity contribution < 1.29 is 28.5 Å². The van der Waals surface area contributed by atoms with Gasteiger partial charge in [-0.1, -0.05) is 24.1 Å². The average Bonchev–Trinajstić information content (AvgIpc) is 2.62. The van der Waals surface area contributed by atoms with Crippen molar-refractivity contribution in [1.29, 1.82) is 0 Å². The minimum atomic E-state index is -1.18. The second-order valence-corrected chi connectivity index (χ2v) is 5.04. The monoisotopic (exact) mass is 362 g/mol. The Bertz CT molecular complexity index is 619. The zero-order valence-electron chi connectivity index (χ0n) is 15.7. The second-order valence-electron chi connectivity index (χ2n) is 5.04. The van der Waals surface area contributed by atoms with Crippen LogP contribution in [0.3, 0.4) is 0 Å². The van der Waals surface area contributed by atoms with Crippen LogP contribution in [-0.4, -0.2) is 44.7 Å². The predicted molar refractivity (Wildman–Crippen MR) is 96.4 cm³/mol. The van der Waals surface area contributed by atoms with Gasteiger partial charge in [0.25, 0.3) is 0 Å². The van der Waals surface area contributed by atoms with E-state index in [-0.39, 0.29) is 13.2 Å². The highest BCUT2D eigenvalue weighted by Gasteiger charge is 2.33. The fourth-order valence-corrected chi connectivity index (χ4v) is 2.23. The van der Waals surface area contributed by atoms with E-state index in [0.29, 0.717) is 24.3 Å². The van der Waals surface area contributed by atoms with Crippen LogP contribution in [0.1, 0.15) is 44.7 Å². The third-order valence-electron chi connectivity index (χ3n) is 3.28. The first-order valence-electron chi connectivity index (χ1n) is 8.75. The quantitative estimate of drug-likeness (QED) is 0.291. The van der Waals surface area contributed by atoms with E-state index in [9.17, 15) is 9.59 Å². The molecule has 142 valence electrons. The van der Waals surface area contributed by atoms with Crippen LogP contribution in [-0.2, 0) is 28.5 Å². The van der Waals surface area contributed by atoms with Crippen LogP contribution in [0.4, 0.5) is 0 Å². The number of rotatable bonds is 9. The van der Waals surface area contributed by atoms with Crippen molar-refractivity contribution >= 4 is 11.9 Å². The SMILES string of the molecule is CCOC(=O)C(C(=O)OCC)c1ccccc1C#CC(OCC)OCC. The summed E-state index contributed by atoms with van der Waals surface area (Å²) in [6, 6.07) is 6.90. The molecule has 1 aromatic rings. The minimum Gasteiger partial charge on any atom is -0.465 e. The first-order valence-corrected chi connectivity index (χ1v) is 8.75. The Morgan fingerprint density at radius 2 is 1.42 bits per heavy atom. The van der Waals surface area contributed by atoms with Crippen molar-refractivity contribution in [3.05, 3.63) is 35.4 Å². The summed E-state index contributed by atoms with van der Waals surface area (Å²) in [4.78, 5) is 24.7. The molecule has 0 bridgehead atoms. The van der Waals surface area contributed by atoms with Gasteiger partial charge in [0.1, 0.15) is 0 Å². The summed E-state index contributed by atoms with van der Waals surface area (Å²) in [5, 5.41) is 0. The summed E-state index contributed by atoms with van der Waals surface area (Å²) < 4.78 is 20.9. The van der Waals surface area contributed by atoms with Gasteiger partial charge in [0.15, 0.2) is 5.92 Å². The maximum Gasteiger partial charge on any atom is 0.324 e. The predicted octanol–water partition coefficient (Wildman–Crippen LogP) is 2.65. The average molecular weight is 362 g/mol. The lowest BCUT2D eigenvalue weighted by molar-refractivity contribution is -0.156. The van der Waals surface area contributed by atoms with Crippen LogP contribution < -0.4 is 0 Å². The van der Waals surface area contributed by atoms with Crippen molar-refractivity contribution in [1.82, 2.24) is 0 Å². The van der Waals surface area contributed by atoms with Crippen LogP contribution in [0.5, 0.6) is 0 Å². The van der Waals surface area contributed by atoms with Gasteiger partial charge in [-0.2, -0.15) is 0 Å². The lowest BCUT2D eigenvalue weighted by Crippen LogP contribution is -2.27. The molecular formula is C20H26O6. The van der Waals surface area contributed by atoms with Gasteiger partial charge in [-0.25, -0.2) is 0 Å². The van der Waals surface area contributed by atoms with Gasteiger partial charge in [-0.05, 0) is 45.2 Å². The number of ether oxygens (including phenoxy) is 4. The molecule has 1 aromatic carbocycles. The smallest absolute Gasteiger partial charge is 0.324 e. The summed E-state index contributed by atoms with van der Waals surface area (Å²) in [7, 11) is 0. The first-order chi connectivity index (χ1) is 12.6. The molecule has 0 fully saturated rings. The van der Waals surface area contributed by atoms with E-state index < -0.39 is 24.1 Å². The lowest BCUT2D eigenvalue weighted by atomic mass is 9.94. The van der Waals surface area contributed by atoms with Crippen LogP contribution in [0.25, 0.3) is 0 Å². The maximum absolute atomic E-state index is 12.3. The van der Waals surface area contributed by atoms with Gasteiger partial charge < -0.3 is 18.9 Å². The standard InChI is InChI=1S/C20H26O6/c1-5-23-17(24-6-2)14-13-15-11-9-10-12-16(15)18(19(21)25-7-3)20(22)26-8-4/h9-12,17-18H,5-8H2,1-4H3. The number of benzene rings is 1. The van der Waals surface area contributed by atoms with E-state index in [1.807, 2.05) is 13.8 Å². The highest BCUT2D eigenvalue weighted by atomic mass is 16.7. The number of carbonyl (C=O) groups excluding carboxylic acids is 2. The third-order valence-corrected chi connectivity index (χ3v) is 3.28. The fourth-order valence-electron chi connectivity index (χ4n) is 2.23. The Hall–Kier alpha value is -2.36. The van der Waals surface area contributed by atoms with Crippen molar-refractivity contribution in [3.8, 4) is 11.8 Å². The molecule has 1 rings (SSSR count). The summed E-state index contributed by atoms with van der Waals surface area (Å²) >= 11 is 0. The zero-order chi connectivity index (χ0) is 19.4. The molecular weight excluding hydrogens is 336 g/mol. The first kappa shape index (κ1) is 21.7. The van der Waals surface area contributed by atoms with Crippen molar-refractivity contribution in [3.63, 3.8) is 0 Å². The number of hydrogen-bond donors (Lipinski definition) is 0.